The number of carbonyl (C=O) groups excluding carboxylic acids is 1. The number of aliphatic hydroxyl groups excluding tert-OH is 1. The van der Waals surface area contributed by atoms with E-state index in [1.807, 2.05) is 0 Å². The monoisotopic (exact) mass is 216 g/mol. The molecule has 15 heavy (non-hydrogen) atoms. The Morgan fingerprint density at radius 3 is 3.07 bits per heavy atom. The molecule has 1 fully saturated rings. The zero-order chi connectivity index (χ0) is 11.3. The van der Waals surface area contributed by atoms with Crippen LogP contribution in [0.2, 0.25) is 0 Å². The van der Waals surface area contributed by atoms with Gasteiger partial charge >= 0.3 is 5.97 Å². The summed E-state index contributed by atoms with van der Waals surface area (Å²) in [6.45, 7) is 5.44. The van der Waals surface area contributed by atoms with E-state index in [2.05, 4.69) is 6.58 Å². The molecule has 2 unspecified atom stereocenters. The Morgan fingerprint density at radius 2 is 2.53 bits per heavy atom. The highest BCUT2D eigenvalue weighted by atomic mass is 16.7. The van der Waals surface area contributed by atoms with E-state index in [1.165, 1.54) is 6.08 Å². The largest absolute Gasteiger partial charge is 0.461 e. The third-order valence-electron chi connectivity index (χ3n) is 2.02. The maximum absolute atomic E-state index is 11.3. The topological polar surface area (TPSA) is 65.0 Å². The third-order valence-corrected chi connectivity index (χ3v) is 2.02. The Balaban J connectivity index is 2.37. The van der Waals surface area contributed by atoms with E-state index in [9.17, 15) is 4.79 Å². The summed E-state index contributed by atoms with van der Waals surface area (Å²) in [5.74, 6) is -1.39. The maximum atomic E-state index is 11.3. The molecule has 0 radical (unpaired) electrons. The molecule has 1 rings (SSSR count). The minimum atomic E-state index is -0.981. The fourth-order valence-corrected chi connectivity index (χ4v) is 1.34. The Bertz CT molecular complexity index is 240. The molecule has 0 aliphatic carbocycles. The SMILES string of the molecule is C=CCOC(=O)CC1(C)OCC(CO)O1. The molecule has 0 spiro atoms. The molecule has 0 aromatic rings. The molecule has 2 atom stereocenters. The van der Waals surface area contributed by atoms with Crippen molar-refractivity contribution >= 4 is 5.97 Å². The van der Waals surface area contributed by atoms with Gasteiger partial charge in [0, 0.05) is 0 Å². The highest BCUT2D eigenvalue weighted by Crippen LogP contribution is 2.26. The molecule has 1 saturated heterocycles. The first-order valence-electron chi connectivity index (χ1n) is 4.79. The molecule has 5 nitrogen and oxygen atoms in total. The lowest BCUT2D eigenvalue weighted by molar-refractivity contribution is -0.181. The zero-order valence-corrected chi connectivity index (χ0v) is 8.77. The second-order valence-corrected chi connectivity index (χ2v) is 3.52. The van der Waals surface area contributed by atoms with Crippen LogP contribution in [-0.4, -0.2) is 42.8 Å². The predicted octanol–water partition coefficient (Wildman–Crippen LogP) is 0.230. The smallest absolute Gasteiger partial charge is 0.311 e. The molecule has 1 N–H and O–H groups in total. The zero-order valence-electron chi connectivity index (χ0n) is 8.77. The summed E-state index contributed by atoms with van der Waals surface area (Å²) in [6, 6.07) is 0. The van der Waals surface area contributed by atoms with Gasteiger partial charge in [0.1, 0.15) is 12.7 Å². The standard InChI is InChI=1S/C10H16O5/c1-3-4-13-9(12)5-10(2)14-7-8(6-11)15-10/h3,8,11H,1,4-7H2,2H3. The summed E-state index contributed by atoms with van der Waals surface area (Å²) in [6.07, 6.45) is 1.15. The van der Waals surface area contributed by atoms with Crippen LogP contribution in [0.25, 0.3) is 0 Å². The van der Waals surface area contributed by atoms with Crippen molar-refractivity contribution in [2.45, 2.75) is 25.2 Å². The van der Waals surface area contributed by atoms with E-state index in [4.69, 9.17) is 19.3 Å². The van der Waals surface area contributed by atoms with Crippen LogP contribution in [0.4, 0.5) is 0 Å². The van der Waals surface area contributed by atoms with Gasteiger partial charge in [0.15, 0.2) is 5.79 Å². The molecular weight excluding hydrogens is 200 g/mol. The Kier molecular flexibility index (Phi) is 4.26. The van der Waals surface area contributed by atoms with Crippen LogP contribution in [0, 0.1) is 0 Å². The molecular formula is C10H16O5. The van der Waals surface area contributed by atoms with Gasteiger partial charge in [-0.25, -0.2) is 0 Å². The van der Waals surface area contributed by atoms with Crippen LogP contribution < -0.4 is 0 Å². The van der Waals surface area contributed by atoms with Crippen LogP contribution in [0.15, 0.2) is 12.7 Å². The summed E-state index contributed by atoms with van der Waals surface area (Å²) in [5.41, 5.74) is 0. The summed E-state index contributed by atoms with van der Waals surface area (Å²) < 4.78 is 15.4. The van der Waals surface area contributed by atoms with Gasteiger partial charge in [-0.15, -0.1) is 0 Å². The average Bonchev–Trinajstić information content (AvgIpc) is 2.57. The van der Waals surface area contributed by atoms with Gasteiger partial charge in [0.05, 0.1) is 19.6 Å². The lowest BCUT2D eigenvalue weighted by Gasteiger charge is -2.21. The summed E-state index contributed by atoms with van der Waals surface area (Å²) in [5, 5.41) is 8.84. The lowest BCUT2D eigenvalue weighted by atomic mass is 10.2. The van der Waals surface area contributed by atoms with Crippen molar-refractivity contribution in [3.05, 3.63) is 12.7 Å². The Labute approximate surface area is 88.6 Å². The highest BCUT2D eigenvalue weighted by molar-refractivity contribution is 5.70. The molecule has 86 valence electrons. The van der Waals surface area contributed by atoms with Crippen molar-refractivity contribution < 1.29 is 24.1 Å². The second kappa shape index (κ2) is 5.25. The average molecular weight is 216 g/mol. The van der Waals surface area contributed by atoms with Crippen LogP contribution in [0.3, 0.4) is 0 Å². The summed E-state index contributed by atoms with van der Waals surface area (Å²) in [4.78, 5) is 11.3. The van der Waals surface area contributed by atoms with E-state index < -0.39 is 11.8 Å². The van der Waals surface area contributed by atoms with Gasteiger partial charge < -0.3 is 19.3 Å². The van der Waals surface area contributed by atoms with Crippen LogP contribution in [-0.2, 0) is 19.0 Å². The number of carbonyl (C=O) groups is 1. The maximum Gasteiger partial charge on any atom is 0.311 e. The van der Waals surface area contributed by atoms with Gasteiger partial charge in [0.25, 0.3) is 0 Å². The Morgan fingerprint density at radius 1 is 1.80 bits per heavy atom. The number of hydrogen-bond acceptors (Lipinski definition) is 5. The van der Waals surface area contributed by atoms with Gasteiger partial charge in [-0.3, -0.25) is 4.79 Å². The van der Waals surface area contributed by atoms with Crippen molar-refractivity contribution in [3.63, 3.8) is 0 Å². The lowest BCUT2D eigenvalue weighted by Crippen LogP contribution is -2.31. The van der Waals surface area contributed by atoms with E-state index in [0.717, 1.165) is 0 Å². The van der Waals surface area contributed by atoms with Crippen LogP contribution in [0.5, 0.6) is 0 Å². The third kappa shape index (κ3) is 3.62. The van der Waals surface area contributed by atoms with E-state index >= 15 is 0 Å². The predicted molar refractivity (Wildman–Crippen MR) is 52.1 cm³/mol. The number of hydrogen-bond donors (Lipinski definition) is 1. The fraction of sp³-hybridized carbons (Fsp3) is 0.700. The van der Waals surface area contributed by atoms with E-state index in [-0.39, 0.29) is 25.7 Å². The molecule has 1 aliphatic heterocycles. The normalized spacial score (nSPS) is 30.1. The first-order valence-corrected chi connectivity index (χ1v) is 4.79. The van der Waals surface area contributed by atoms with Gasteiger partial charge in [-0.2, -0.15) is 0 Å². The quantitative estimate of drug-likeness (QED) is 0.526. The molecule has 1 heterocycles. The molecule has 0 saturated carbocycles. The van der Waals surface area contributed by atoms with Crippen LogP contribution in [0.1, 0.15) is 13.3 Å². The van der Waals surface area contributed by atoms with E-state index in [1.54, 1.807) is 6.92 Å². The van der Waals surface area contributed by atoms with Crippen LogP contribution >= 0.6 is 0 Å². The van der Waals surface area contributed by atoms with Crippen molar-refractivity contribution in [2.75, 3.05) is 19.8 Å². The molecule has 0 aromatic carbocycles. The minimum absolute atomic E-state index is 0.0112. The van der Waals surface area contributed by atoms with Crippen molar-refractivity contribution in [3.8, 4) is 0 Å². The number of aliphatic hydroxyl groups is 1. The highest BCUT2D eigenvalue weighted by Gasteiger charge is 2.39. The number of ether oxygens (including phenoxy) is 3. The summed E-state index contributed by atoms with van der Waals surface area (Å²) in [7, 11) is 0. The second-order valence-electron chi connectivity index (χ2n) is 3.52. The van der Waals surface area contributed by atoms with Crippen molar-refractivity contribution in [2.24, 2.45) is 0 Å². The molecule has 0 amide bonds. The minimum Gasteiger partial charge on any atom is -0.461 e. The van der Waals surface area contributed by atoms with Crippen molar-refractivity contribution in [1.29, 1.82) is 0 Å². The summed E-state index contributed by atoms with van der Waals surface area (Å²) >= 11 is 0. The molecule has 0 bridgehead atoms. The Hall–Kier alpha value is -0.910. The van der Waals surface area contributed by atoms with Gasteiger partial charge in [-0.05, 0) is 6.92 Å². The van der Waals surface area contributed by atoms with Gasteiger partial charge in [-0.1, -0.05) is 12.7 Å². The molecule has 5 heteroatoms. The first kappa shape index (κ1) is 12.2. The first-order chi connectivity index (χ1) is 7.09. The fourth-order valence-electron chi connectivity index (χ4n) is 1.34. The van der Waals surface area contributed by atoms with Gasteiger partial charge in [0.2, 0.25) is 0 Å². The molecule has 1 aliphatic rings. The number of rotatable bonds is 5. The van der Waals surface area contributed by atoms with Crippen molar-refractivity contribution in [1.82, 2.24) is 0 Å². The van der Waals surface area contributed by atoms with E-state index in [0.29, 0.717) is 6.61 Å². The molecule has 0 aromatic heterocycles. The number of esters is 1.